The molecule has 0 fully saturated rings. The Morgan fingerprint density at radius 1 is 0.370 bits per heavy atom. The molecule has 9 aromatic rings. The Balaban J connectivity index is 1.39. The van der Waals surface area contributed by atoms with Crippen LogP contribution in [0.1, 0.15) is 5.56 Å². The van der Waals surface area contributed by atoms with Crippen molar-refractivity contribution in [1.29, 1.82) is 5.26 Å². The standard InChI is InChI=1S/C43H27N3/c44-28-29-13-1-2-14-31(29)32-26-25-30(45-39-20-8-3-15-33(39)34-16-4-9-21-40(34)45)27-38(32)37-19-7-12-24-43(37)46-41-22-10-5-17-35(41)36-18-6-11-23-42(36)46/h1-27H. The SMILES string of the molecule is N#Cc1ccccc1-c1ccc(-n2c3ccccc3c3ccccc32)cc1-c1ccccc1-n1c2ccccc2c2ccccc21. The van der Waals surface area contributed by atoms with E-state index in [1.807, 2.05) is 18.2 Å². The molecule has 3 nitrogen and oxygen atoms in total. The van der Waals surface area contributed by atoms with E-state index in [1.165, 1.54) is 21.5 Å². The Kier molecular flexibility index (Phi) is 5.88. The van der Waals surface area contributed by atoms with Crippen LogP contribution in [0.25, 0.3) is 77.2 Å². The summed E-state index contributed by atoms with van der Waals surface area (Å²) in [5.74, 6) is 0. The molecule has 214 valence electrons. The molecule has 46 heavy (non-hydrogen) atoms. The van der Waals surface area contributed by atoms with Gasteiger partial charge in [0.2, 0.25) is 0 Å². The van der Waals surface area contributed by atoms with Crippen LogP contribution in [0.15, 0.2) is 164 Å². The molecule has 0 aliphatic heterocycles. The first-order valence-corrected chi connectivity index (χ1v) is 15.5. The third-order valence-corrected chi connectivity index (χ3v) is 9.19. The summed E-state index contributed by atoms with van der Waals surface area (Å²) in [5.41, 5.74) is 11.6. The van der Waals surface area contributed by atoms with Crippen molar-refractivity contribution in [3.05, 3.63) is 169 Å². The lowest BCUT2D eigenvalue weighted by Crippen LogP contribution is -2.00. The van der Waals surface area contributed by atoms with Crippen molar-refractivity contribution in [3.8, 4) is 39.7 Å². The van der Waals surface area contributed by atoms with E-state index in [4.69, 9.17) is 0 Å². The van der Waals surface area contributed by atoms with Gasteiger partial charge >= 0.3 is 0 Å². The van der Waals surface area contributed by atoms with Crippen LogP contribution in [0.2, 0.25) is 0 Å². The van der Waals surface area contributed by atoms with Crippen molar-refractivity contribution in [2.24, 2.45) is 0 Å². The monoisotopic (exact) mass is 585 g/mol. The molecule has 7 aromatic carbocycles. The molecule has 2 aromatic heterocycles. The predicted octanol–water partition coefficient (Wildman–Crippen LogP) is 11.1. The normalized spacial score (nSPS) is 11.5. The van der Waals surface area contributed by atoms with E-state index in [1.54, 1.807) is 0 Å². The Morgan fingerprint density at radius 2 is 0.826 bits per heavy atom. The first kappa shape index (κ1) is 26.1. The van der Waals surface area contributed by atoms with Crippen LogP contribution < -0.4 is 0 Å². The molecule has 0 radical (unpaired) electrons. The van der Waals surface area contributed by atoms with Crippen LogP contribution in [0.4, 0.5) is 0 Å². The Hall–Kier alpha value is -6.37. The van der Waals surface area contributed by atoms with Gasteiger partial charge in [-0.15, -0.1) is 0 Å². The number of rotatable bonds is 4. The van der Waals surface area contributed by atoms with Gasteiger partial charge in [-0.1, -0.05) is 115 Å². The van der Waals surface area contributed by atoms with E-state index in [-0.39, 0.29) is 0 Å². The summed E-state index contributed by atoms with van der Waals surface area (Å²) >= 11 is 0. The van der Waals surface area contributed by atoms with Crippen molar-refractivity contribution in [2.45, 2.75) is 0 Å². The highest BCUT2D eigenvalue weighted by Gasteiger charge is 2.20. The van der Waals surface area contributed by atoms with Gasteiger partial charge in [-0.2, -0.15) is 5.26 Å². The van der Waals surface area contributed by atoms with Crippen molar-refractivity contribution in [3.63, 3.8) is 0 Å². The second kappa shape index (κ2) is 10.4. The van der Waals surface area contributed by atoms with Gasteiger partial charge in [0.15, 0.2) is 0 Å². The van der Waals surface area contributed by atoms with Crippen molar-refractivity contribution < 1.29 is 0 Å². The van der Waals surface area contributed by atoms with E-state index < -0.39 is 0 Å². The van der Waals surface area contributed by atoms with E-state index in [0.29, 0.717) is 5.56 Å². The maximum atomic E-state index is 10.2. The number of nitrogens with zero attached hydrogens (tertiary/aromatic N) is 3. The molecule has 0 N–H and O–H groups in total. The van der Waals surface area contributed by atoms with E-state index >= 15 is 0 Å². The third kappa shape index (κ3) is 3.84. The number of fused-ring (bicyclic) bond motifs is 6. The lowest BCUT2D eigenvalue weighted by atomic mass is 9.90. The molecular weight excluding hydrogens is 558 g/mol. The summed E-state index contributed by atoms with van der Waals surface area (Å²) in [4.78, 5) is 0. The molecule has 0 bridgehead atoms. The molecule has 9 rings (SSSR count). The molecule has 3 heteroatoms. The molecular formula is C43H27N3. The summed E-state index contributed by atoms with van der Waals surface area (Å²) < 4.78 is 4.74. The minimum absolute atomic E-state index is 0.655. The van der Waals surface area contributed by atoms with Crippen LogP contribution >= 0.6 is 0 Å². The zero-order valence-corrected chi connectivity index (χ0v) is 24.9. The number of aromatic nitrogens is 2. The molecule has 0 spiro atoms. The number of benzene rings is 7. The largest absolute Gasteiger partial charge is 0.309 e. The smallest absolute Gasteiger partial charge is 0.0998 e. The molecule has 0 aliphatic rings. The molecule has 0 atom stereocenters. The van der Waals surface area contributed by atoms with Gasteiger partial charge in [-0.25, -0.2) is 0 Å². The third-order valence-electron chi connectivity index (χ3n) is 9.19. The van der Waals surface area contributed by atoms with Gasteiger partial charge in [0.25, 0.3) is 0 Å². The minimum atomic E-state index is 0.655. The first-order chi connectivity index (χ1) is 22.8. The van der Waals surface area contributed by atoms with Gasteiger partial charge in [-0.05, 0) is 59.7 Å². The maximum Gasteiger partial charge on any atom is 0.0998 e. The maximum absolute atomic E-state index is 10.2. The van der Waals surface area contributed by atoms with E-state index in [2.05, 4.69) is 161 Å². The van der Waals surface area contributed by atoms with Crippen LogP contribution in [-0.4, -0.2) is 9.13 Å². The Morgan fingerprint density at radius 3 is 1.39 bits per heavy atom. The summed E-state index contributed by atoms with van der Waals surface area (Å²) in [6, 6.07) is 60.1. The fraction of sp³-hybridized carbons (Fsp3) is 0. The van der Waals surface area contributed by atoms with Crippen LogP contribution in [0, 0.1) is 11.3 Å². The zero-order valence-electron chi connectivity index (χ0n) is 24.9. The van der Waals surface area contributed by atoms with Crippen molar-refractivity contribution in [1.82, 2.24) is 9.13 Å². The predicted molar refractivity (Wildman–Crippen MR) is 191 cm³/mol. The van der Waals surface area contributed by atoms with Crippen molar-refractivity contribution in [2.75, 3.05) is 0 Å². The second-order valence-electron chi connectivity index (χ2n) is 11.6. The number of hydrogen-bond acceptors (Lipinski definition) is 1. The second-order valence-corrected chi connectivity index (χ2v) is 11.6. The van der Waals surface area contributed by atoms with Gasteiger partial charge in [-0.3, -0.25) is 0 Å². The van der Waals surface area contributed by atoms with Crippen LogP contribution in [0.3, 0.4) is 0 Å². The summed E-state index contributed by atoms with van der Waals surface area (Å²) in [7, 11) is 0. The Labute approximate surface area is 266 Å². The highest BCUT2D eigenvalue weighted by Crippen LogP contribution is 2.42. The van der Waals surface area contributed by atoms with Gasteiger partial charge in [0.1, 0.15) is 0 Å². The van der Waals surface area contributed by atoms with E-state index in [9.17, 15) is 5.26 Å². The summed E-state index contributed by atoms with van der Waals surface area (Å²) in [5, 5.41) is 15.1. The topological polar surface area (TPSA) is 33.6 Å². The van der Waals surface area contributed by atoms with Gasteiger partial charge < -0.3 is 9.13 Å². The average Bonchev–Trinajstić information content (AvgIpc) is 3.64. The fourth-order valence-electron chi connectivity index (χ4n) is 7.22. The molecule has 0 saturated carbocycles. The first-order valence-electron chi connectivity index (χ1n) is 15.5. The molecule has 0 unspecified atom stereocenters. The minimum Gasteiger partial charge on any atom is -0.309 e. The van der Waals surface area contributed by atoms with Gasteiger partial charge in [0.05, 0.1) is 39.4 Å². The summed E-state index contributed by atoms with van der Waals surface area (Å²) in [6.07, 6.45) is 0. The van der Waals surface area contributed by atoms with E-state index in [0.717, 1.165) is 55.7 Å². The average molecular weight is 586 g/mol. The highest BCUT2D eigenvalue weighted by molar-refractivity contribution is 6.11. The van der Waals surface area contributed by atoms with Crippen LogP contribution in [0.5, 0.6) is 0 Å². The molecule has 0 amide bonds. The highest BCUT2D eigenvalue weighted by atomic mass is 15.0. The Bertz CT molecular complexity index is 2560. The number of nitriles is 1. The lowest BCUT2D eigenvalue weighted by molar-refractivity contribution is 1.17. The fourth-order valence-corrected chi connectivity index (χ4v) is 7.22. The van der Waals surface area contributed by atoms with Gasteiger partial charge in [0, 0.05) is 38.4 Å². The number of hydrogen-bond donors (Lipinski definition) is 0. The van der Waals surface area contributed by atoms with Crippen LogP contribution in [-0.2, 0) is 0 Å². The zero-order chi connectivity index (χ0) is 30.6. The summed E-state index contributed by atoms with van der Waals surface area (Å²) in [6.45, 7) is 0. The molecule has 2 heterocycles. The number of para-hydroxylation sites is 5. The van der Waals surface area contributed by atoms with Crippen molar-refractivity contribution >= 4 is 43.6 Å². The molecule has 0 aliphatic carbocycles. The quantitative estimate of drug-likeness (QED) is 0.202. The molecule has 0 saturated heterocycles. The lowest BCUT2D eigenvalue weighted by Gasteiger charge is -2.19.